The highest BCUT2D eigenvalue weighted by Gasteiger charge is 2.13. The van der Waals surface area contributed by atoms with Crippen molar-refractivity contribution in [3.05, 3.63) is 28.7 Å². The molecule has 8 heteroatoms. The summed E-state index contributed by atoms with van der Waals surface area (Å²) in [6.07, 6.45) is -0.193. The van der Waals surface area contributed by atoms with Gasteiger partial charge in [0.25, 0.3) is 0 Å². The molecule has 0 aliphatic carbocycles. The second kappa shape index (κ2) is 5.47. The van der Waals surface area contributed by atoms with E-state index in [0.29, 0.717) is 5.56 Å². The fourth-order valence-electron chi connectivity index (χ4n) is 1.77. The number of rotatable bonds is 5. The molecule has 0 spiro atoms. The number of aromatic hydroxyl groups is 1. The van der Waals surface area contributed by atoms with Gasteiger partial charge in [0.15, 0.2) is 17.3 Å². The second-order valence-electron chi connectivity index (χ2n) is 4.03. The Kier molecular flexibility index (Phi) is 3.74. The van der Waals surface area contributed by atoms with Gasteiger partial charge in [-0.25, -0.2) is 9.89 Å². The number of aliphatic carboxylic acids is 1. The number of hydrogen-bond acceptors (Lipinski definition) is 5. The van der Waals surface area contributed by atoms with E-state index in [0.717, 1.165) is 0 Å². The van der Waals surface area contributed by atoms with Gasteiger partial charge in [-0.3, -0.25) is 9.36 Å². The number of aromatic amines is 1. The zero-order chi connectivity index (χ0) is 14.7. The van der Waals surface area contributed by atoms with Crippen LogP contribution in [0.3, 0.4) is 0 Å². The van der Waals surface area contributed by atoms with Gasteiger partial charge in [-0.1, -0.05) is 0 Å². The molecule has 1 aromatic carbocycles. The lowest BCUT2D eigenvalue weighted by Gasteiger charge is -2.07. The molecule has 0 unspecified atom stereocenters. The predicted molar refractivity (Wildman–Crippen MR) is 68.8 cm³/mol. The molecule has 2 aromatic rings. The van der Waals surface area contributed by atoms with Crippen LogP contribution in [0.15, 0.2) is 23.0 Å². The quantitative estimate of drug-likeness (QED) is 0.730. The molecule has 1 heterocycles. The Labute approximate surface area is 113 Å². The number of methoxy groups -OCH3 is 1. The molecule has 0 aliphatic rings. The summed E-state index contributed by atoms with van der Waals surface area (Å²) in [5, 5.41) is 24.4. The van der Waals surface area contributed by atoms with Crippen molar-refractivity contribution in [2.45, 2.75) is 13.0 Å². The third kappa shape index (κ3) is 2.63. The summed E-state index contributed by atoms with van der Waals surface area (Å²) in [6, 6.07) is 4.49. The van der Waals surface area contributed by atoms with Gasteiger partial charge in [0.1, 0.15) is 0 Å². The van der Waals surface area contributed by atoms with Crippen molar-refractivity contribution >= 4 is 5.97 Å². The second-order valence-corrected chi connectivity index (χ2v) is 4.03. The number of phenolic OH excluding ortho intramolecular Hbond substituents is 1. The van der Waals surface area contributed by atoms with Gasteiger partial charge in [-0.2, -0.15) is 5.10 Å². The van der Waals surface area contributed by atoms with Crippen LogP contribution in [0.4, 0.5) is 0 Å². The molecule has 0 radical (unpaired) electrons. The minimum atomic E-state index is -1.01. The van der Waals surface area contributed by atoms with Crippen LogP contribution in [0.2, 0.25) is 0 Å². The van der Waals surface area contributed by atoms with Crippen molar-refractivity contribution in [3.63, 3.8) is 0 Å². The van der Waals surface area contributed by atoms with Gasteiger partial charge < -0.3 is 14.9 Å². The maximum atomic E-state index is 11.6. The molecular formula is C12H13N3O5. The summed E-state index contributed by atoms with van der Waals surface area (Å²) in [7, 11) is 1.40. The first kappa shape index (κ1) is 13.7. The van der Waals surface area contributed by atoms with E-state index >= 15 is 0 Å². The van der Waals surface area contributed by atoms with Crippen molar-refractivity contribution in [1.29, 1.82) is 0 Å². The summed E-state index contributed by atoms with van der Waals surface area (Å²) in [4.78, 5) is 22.2. The monoisotopic (exact) mass is 279 g/mol. The largest absolute Gasteiger partial charge is 0.504 e. The fraction of sp³-hybridized carbons (Fsp3) is 0.250. The average molecular weight is 279 g/mol. The summed E-state index contributed by atoms with van der Waals surface area (Å²) in [6.45, 7) is 0.00317. The number of hydrogen-bond donors (Lipinski definition) is 3. The molecule has 0 fully saturated rings. The van der Waals surface area contributed by atoms with Crippen molar-refractivity contribution in [1.82, 2.24) is 14.8 Å². The number of nitrogens with one attached hydrogen (secondary N) is 1. The van der Waals surface area contributed by atoms with Gasteiger partial charge in [0.2, 0.25) is 0 Å². The van der Waals surface area contributed by atoms with Gasteiger partial charge in [0.05, 0.1) is 13.5 Å². The number of ether oxygens (including phenoxy) is 1. The van der Waals surface area contributed by atoms with Crippen molar-refractivity contribution in [2.24, 2.45) is 0 Å². The Morgan fingerprint density at radius 3 is 2.90 bits per heavy atom. The van der Waals surface area contributed by atoms with E-state index < -0.39 is 11.7 Å². The minimum absolute atomic E-state index is 0.00317. The van der Waals surface area contributed by atoms with E-state index in [9.17, 15) is 14.7 Å². The maximum Gasteiger partial charge on any atom is 0.343 e. The number of aromatic nitrogens is 3. The molecule has 106 valence electrons. The standard InChI is InChI=1S/C12H13N3O5/c1-20-9-6-7(2-3-8(9)16)11-13-14-12(19)15(11)5-4-10(17)18/h2-3,6,16H,4-5H2,1H3,(H,14,19)(H,17,18). The number of carboxylic acids is 1. The van der Waals surface area contributed by atoms with Crippen molar-refractivity contribution < 1.29 is 19.7 Å². The van der Waals surface area contributed by atoms with E-state index in [1.54, 1.807) is 6.07 Å². The number of H-pyrrole nitrogens is 1. The van der Waals surface area contributed by atoms with E-state index in [2.05, 4.69) is 10.2 Å². The van der Waals surface area contributed by atoms with E-state index in [1.807, 2.05) is 0 Å². The minimum Gasteiger partial charge on any atom is -0.504 e. The van der Waals surface area contributed by atoms with Crippen LogP contribution in [0, 0.1) is 0 Å². The molecule has 0 saturated heterocycles. The summed E-state index contributed by atoms with van der Waals surface area (Å²) >= 11 is 0. The van der Waals surface area contributed by atoms with Crippen LogP contribution in [-0.2, 0) is 11.3 Å². The van der Waals surface area contributed by atoms with Crippen LogP contribution in [0.5, 0.6) is 11.5 Å². The third-order valence-electron chi connectivity index (χ3n) is 2.75. The lowest BCUT2D eigenvalue weighted by molar-refractivity contribution is -0.137. The smallest absolute Gasteiger partial charge is 0.343 e. The summed E-state index contributed by atoms with van der Waals surface area (Å²) < 4.78 is 6.20. The number of benzene rings is 1. The number of phenols is 1. The zero-order valence-electron chi connectivity index (χ0n) is 10.7. The van der Waals surface area contributed by atoms with Crippen molar-refractivity contribution in [3.8, 4) is 22.9 Å². The lowest BCUT2D eigenvalue weighted by Crippen LogP contribution is -2.19. The van der Waals surface area contributed by atoms with E-state index in [1.165, 1.54) is 23.8 Å². The molecule has 0 amide bonds. The first-order valence-corrected chi connectivity index (χ1v) is 5.77. The highest BCUT2D eigenvalue weighted by atomic mass is 16.5. The highest BCUT2D eigenvalue weighted by molar-refractivity contribution is 5.67. The molecule has 3 N–H and O–H groups in total. The van der Waals surface area contributed by atoms with Crippen LogP contribution < -0.4 is 10.4 Å². The first-order valence-electron chi connectivity index (χ1n) is 5.77. The Morgan fingerprint density at radius 1 is 1.50 bits per heavy atom. The molecule has 0 saturated carbocycles. The Bertz CT molecular complexity index is 689. The molecule has 2 rings (SSSR count). The maximum absolute atomic E-state index is 11.6. The molecule has 0 aliphatic heterocycles. The summed E-state index contributed by atoms with van der Waals surface area (Å²) in [5.41, 5.74) is 0.0386. The summed E-state index contributed by atoms with van der Waals surface area (Å²) in [5.74, 6) is -0.518. The predicted octanol–water partition coefficient (Wildman–Crippen LogP) is 0.427. The van der Waals surface area contributed by atoms with E-state index in [-0.39, 0.29) is 30.3 Å². The van der Waals surface area contributed by atoms with Crippen LogP contribution in [0.25, 0.3) is 11.4 Å². The van der Waals surface area contributed by atoms with Crippen LogP contribution in [-0.4, -0.2) is 38.1 Å². The van der Waals surface area contributed by atoms with E-state index in [4.69, 9.17) is 9.84 Å². The first-order chi connectivity index (χ1) is 9.52. The topological polar surface area (TPSA) is 117 Å². The van der Waals surface area contributed by atoms with Crippen LogP contribution >= 0.6 is 0 Å². The molecule has 0 atom stereocenters. The van der Waals surface area contributed by atoms with Gasteiger partial charge >= 0.3 is 11.7 Å². The normalized spacial score (nSPS) is 10.4. The van der Waals surface area contributed by atoms with Gasteiger partial charge in [-0.15, -0.1) is 0 Å². The zero-order valence-corrected chi connectivity index (χ0v) is 10.7. The Balaban J connectivity index is 2.42. The average Bonchev–Trinajstić information content (AvgIpc) is 2.78. The molecule has 0 bridgehead atoms. The molecule has 8 nitrogen and oxygen atoms in total. The molecule has 1 aromatic heterocycles. The number of nitrogens with zero attached hydrogens (tertiary/aromatic N) is 2. The Morgan fingerprint density at radius 2 is 2.25 bits per heavy atom. The lowest BCUT2D eigenvalue weighted by atomic mass is 10.2. The third-order valence-corrected chi connectivity index (χ3v) is 2.75. The highest BCUT2D eigenvalue weighted by Crippen LogP contribution is 2.30. The molecular weight excluding hydrogens is 266 g/mol. The van der Waals surface area contributed by atoms with Gasteiger partial charge in [0, 0.05) is 12.1 Å². The van der Waals surface area contributed by atoms with Gasteiger partial charge in [-0.05, 0) is 18.2 Å². The number of carboxylic acid groups (broad SMARTS) is 1. The fourth-order valence-corrected chi connectivity index (χ4v) is 1.77. The van der Waals surface area contributed by atoms with Crippen molar-refractivity contribution in [2.75, 3.05) is 7.11 Å². The van der Waals surface area contributed by atoms with Crippen LogP contribution in [0.1, 0.15) is 6.42 Å². The Hall–Kier alpha value is -2.77. The molecule has 20 heavy (non-hydrogen) atoms. The number of carbonyl (C=O) groups is 1. The SMILES string of the molecule is COc1cc(-c2n[nH]c(=O)n2CCC(=O)O)ccc1O.